The summed E-state index contributed by atoms with van der Waals surface area (Å²) < 4.78 is 5.22. The third-order valence-electron chi connectivity index (χ3n) is 2.46. The number of quaternary nitrogens is 1. The van der Waals surface area contributed by atoms with Gasteiger partial charge in [-0.25, -0.2) is 0 Å². The van der Waals surface area contributed by atoms with Crippen LogP contribution in [0.25, 0.3) is 0 Å². The van der Waals surface area contributed by atoms with E-state index < -0.39 is 37.3 Å². The van der Waals surface area contributed by atoms with Crippen molar-refractivity contribution in [1.82, 2.24) is 0 Å². The van der Waals surface area contributed by atoms with Crippen molar-refractivity contribution in [2.24, 2.45) is 0 Å². The molecule has 88 valence electrons. The summed E-state index contributed by atoms with van der Waals surface area (Å²) in [6.45, 7) is 3.63. The smallest absolute Gasteiger partial charge is 0.220 e. The minimum absolute atomic E-state index is 0.399. The second-order valence-corrected chi connectivity index (χ2v) is 3.55. The van der Waals surface area contributed by atoms with Crippen LogP contribution in [0.15, 0.2) is 12.7 Å². The number of hydrogen-bond acceptors (Lipinski definition) is 5. The van der Waals surface area contributed by atoms with Crippen LogP contribution in [0.5, 0.6) is 0 Å². The van der Waals surface area contributed by atoms with Crippen LogP contribution in [0.4, 0.5) is 0 Å². The maximum absolute atomic E-state index is 9.57. The average molecular weight is 220 g/mol. The third kappa shape index (κ3) is 2.75. The lowest BCUT2D eigenvalue weighted by molar-refractivity contribution is -0.736. The van der Waals surface area contributed by atoms with Crippen LogP contribution in [0.3, 0.4) is 0 Å². The molecule has 6 N–H and O–H groups in total. The molecule has 1 heterocycles. The van der Waals surface area contributed by atoms with Gasteiger partial charge >= 0.3 is 0 Å². The summed E-state index contributed by atoms with van der Waals surface area (Å²) in [5, 5.41) is 39.0. The standard InChI is InChI=1S/C9H17NO5/c1-2-3-10-9-8(14)7(13)6(12)5(4-11)15-9/h2,5-14H,1,3-4H2/p+1/t5-,6+,7+,8+,9-/m0/s1. The molecule has 1 saturated heterocycles. The lowest BCUT2D eigenvalue weighted by Gasteiger charge is -2.38. The molecule has 0 aromatic heterocycles. The molecule has 0 aromatic rings. The normalized spacial score (nSPS) is 41.5. The van der Waals surface area contributed by atoms with E-state index in [1.165, 1.54) is 0 Å². The highest BCUT2D eigenvalue weighted by atomic mass is 16.6. The fraction of sp³-hybridized carbons (Fsp3) is 0.778. The first-order chi connectivity index (χ1) is 7.11. The molecule has 1 aliphatic rings. The van der Waals surface area contributed by atoms with Gasteiger partial charge in [0.15, 0.2) is 6.10 Å². The van der Waals surface area contributed by atoms with Gasteiger partial charge in [0.1, 0.15) is 18.3 Å². The Morgan fingerprint density at radius 3 is 2.40 bits per heavy atom. The van der Waals surface area contributed by atoms with Gasteiger partial charge in [-0.15, -0.1) is 0 Å². The summed E-state index contributed by atoms with van der Waals surface area (Å²) in [4.78, 5) is 0. The minimum Gasteiger partial charge on any atom is -0.394 e. The van der Waals surface area contributed by atoms with Gasteiger partial charge in [0, 0.05) is 0 Å². The van der Waals surface area contributed by atoms with E-state index in [2.05, 4.69) is 6.58 Å². The Morgan fingerprint density at radius 2 is 1.87 bits per heavy atom. The van der Waals surface area contributed by atoms with Crippen molar-refractivity contribution >= 4 is 0 Å². The highest BCUT2D eigenvalue weighted by molar-refractivity contribution is 4.88. The van der Waals surface area contributed by atoms with Crippen molar-refractivity contribution in [3.63, 3.8) is 0 Å². The van der Waals surface area contributed by atoms with Crippen LogP contribution in [0.1, 0.15) is 0 Å². The summed E-state index contributed by atoms with van der Waals surface area (Å²) in [7, 11) is 0. The Hall–Kier alpha value is -0.500. The molecular weight excluding hydrogens is 202 g/mol. The van der Waals surface area contributed by atoms with E-state index in [0.29, 0.717) is 6.54 Å². The van der Waals surface area contributed by atoms with E-state index >= 15 is 0 Å². The van der Waals surface area contributed by atoms with E-state index in [-0.39, 0.29) is 0 Å². The van der Waals surface area contributed by atoms with E-state index in [4.69, 9.17) is 9.84 Å². The first-order valence-electron chi connectivity index (χ1n) is 4.86. The highest BCUT2D eigenvalue weighted by Crippen LogP contribution is 2.17. The zero-order chi connectivity index (χ0) is 11.4. The van der Waals surface area contributed by atoms with Crippen LogP contribution in [0, 0.1) is 0 Å². The molecule has 1 rings (SSSR count). The number of aliphatic hydroxyl groups is 4. The molecule has 6 heteroatoms. The lowest BCUT2D eigenvalue weighted by atomic mass is 9.98. The largest absolute Gasteiger partial charge is 0.394 e. The Bertz CT molecular complexity index is 211. The molecule has 0 saturated carbocycles. The SMILES string of the molecule is C=CC[NH2+][C@H]1O[C@@H](CO)[C@@H](O)[C@@H](O)[C@H]1O. The minimum atomic E-state index is -1.30. The average Bonchev–Trinajstić information content (AvgIpc) is 2.25. The van der Waals surface area contributed by atoms with Gasteiger partial charge < -0.3 is 30.5 Å². The molecule has 0 amide bonds. The molecule has 0 unspecified atom stereocenters. The van der Waals surface area contributed by atoms with Crippen molar-refractivity contribution in [1.29, 1.82) is 0 Å². The number of ether oxygens (including phenoxy) is 1. The van der Waals surface area contributed by atoms with Gasteiger partial charge in [-0.2, -0.15) is 0 Å². The summed E-state index contributed by atoms with van der Waals surface area (Å²) >= 11 is 0. The van der Waals surface area contributed by atoms with E-state index in [1.54, 1.807) is 11.4 Å². The van der Waals surface area contributed by atoms with Crippen LogP contribution >= 0.6 is 0 Å². The quantitative estimate of drug-likeness (QED) is 0.317. The zero-order valence-electron chi connectivity index (χ0n) is 8.36. The Morgan fingerprint density at radius 1 is 1.20 bits per heavy atom. The summed E-state index contributed by atoms with van der Waals surface area (Å²) in [6, 6.07) is 0. The first kappa shape index (κ1) is 12.6. The molecule has 1 aliphatic heterocycles. The predicted octanol–water partition coefficient (Wildman–Crippen LogP) is -3.46. The molecule has 0 spiro atoms. The molecule has 0 aliphatic carbocycles. The molecule has 0 bridgehead atoms. The lowest BCUT2D eigenvalue weighted by Crippen LogP contribution is -2.95. The van der Waals surface area contributed by atoms with E-state index in [9.17, 15) is 15.3 Å². The number of rotatable bonds is 4. The van der Waals surface area contributed by atoms with Crippen LogP contribution in [0.2, 0.25) is 0 Å². The van der Waals surface area contributed by atoms with Gasteiger partial charge in [-0.1, -0.05) is 6.58 Å². The molecule has 0 radical (unpaired) electrons. The van der Waals surface area contributed by atoms with Gasteiger partial charge in [0.2, 0.25) is 6.23 Å². The monoisotopic (exact) mass is 220 g/mol. The van der Waals surface area contributed by atoms with Gasteiger partial charge in [-0.05, 0) is 6.08 Å². The van der Waals surface area contributed by atoms with Crippen LogP contribution < -0.4 is 5.32 Å². The second kappa shape index (κ2) is 5.55. The van der Waals surface area contributed by atoms with E-state index in [0.717, 1.165) is 0 Å². The summed E-state index contributed by atoms with van der Waals surface area (Å²) in [6.07, 6.45) is -3.68. The molecule has 5 atom stereocenters. The van der Waals surface area contributed by atoms with Gasteiger partial charge in [-0.3, -0.25) is 0 Å². The summed E-state index contributed by atoms with van der Waals surface area (Å²) in [5.41, 5.74) is 0. The Kier molecular flexibility index (Phi) is 4.65. The second-order valence-electron chi connectivity index (χ2n) is 3.55. The topological polar surface area (TPSA) is 107 Å². The molecule has 15 heavy (non-hydrogen) atoms. The molecule has 0 aromatic carbocycles. The van der Waals surface area contributed by atoms with Crippen LogP contribution in [-0.2, 0) is 4.74 Å². The predicted molar refractivity (Wildman–Crippen MR) is 50.8 cm³/mol. The summed E-state index contributed by atoms with van der Waals surface area (Å²) in [5.74, 6) is 0. The number of hydrogen-bond donors (Lipinski definition) is 5. The van der Waals surface area contributed by atoms with Gasteiger partial charge in [0.25, 0.3) is 0 Å². The fourth-order valence-corrected chi connectivity index (χ4v) is 1.56. The van der Waals surface area contributed by atoms with Crippen LogP contribution in [-0.4, -0.2) is 64.2 Å². The highest BCUT2D eigenvalue weighted by Gasteiger charge is 2.45. The van der Waals surface area contributed by atoms with Crippen molar-refractivity contribution in [2.75, 3.05) is 13.2 Å². The number of nitrogens with two attached hydrogens (primary N) is 1. The van der Waals surface area contributed by atoms with Crippen molar-refractivity contribution in [2.45, 2.75) is 30.6 Å². The molecule has 1 fully saturated rings. The Balaban J connectivity index is 2.60. The number of aliphatic hydroxyl groups excluding tert-OH is 4. The maximum atomic E-state index is 9.57. The van der Waals surface area contributed by atoms with Crippen molar-refractivity contribution < 1.29 is 30.5 Å². The maximum Gasteiger partial charge on any atom is 0.220 e. The molecule has 6 nitrogen and oxygen atoms in total. The molecular formula is C9H18NO5+. The van der Waals surface area contributed by atoms with Gasteiger partial charge in [0.05, 0.1) is 13.2 Å². The third-order valence-corrected chi connectivity index (χ3v) is 2.46. The van der Waals surface area contributed by atoms with Crippen molar-refractivity contribution in [3.8, 4) is 0 Å². The Labute approximate surface area is 87.8 Å². The first-order valence-corrected chi connectivity index (χ1v) is 4.86. The fourth-order valence-electron chi connectivity index (χ4n) is 1.56. The van der Waals surface area contributed by atoms with Crippen molar-refractivity contribution in [3.05, 3.63) is 12.7 Å². The van der Waals surface area contributed by atoms with E-state index in [1.807, 2.05) is 0 Å². The zero-order valence-corrected chi connectivity index (χ0v) is 8.36.